The first-order valence-corrected chi connectivity index (χ1v) is 11.0. The molecule has 0 radical (unpaired) electrons. The molecule has 3 amide bonds. The van der Waals surface area contributed by atoms with Crippen molar-refractivity contribution in [3.05, 3.63) is 83.9 Å². The lowest BCUT2D eigenvalue weighted by atomic mass is 9.92. The number of anilines is 3. The summed E-state index contributed by atoms with van der Waals surface area (Å²) in [6.07, 6.45) is 3.30. The summed E-state index contributed by atoms with van der Waals surface area (Å²) >= 11 is 0. The highest BCUT2D eigenvalue weighted by molar-refractivity contribution is 6.06. The predicted octanol–water partition coefficient (Wildman–Crippen LogP) is 4.84. The zero-order chi connectivity index (χ0) is 24.5. The van der Waals surface area contributed by atoms with E-state index < -0.39 is 11.8 Å². The van der Waals surface area contributed by atoms with Crippen molar-refractivity contribution in [2.45, 2.75) is 6.54 Å². The highest BCUT2D eigenvalue weighted by atomic mass is 19.1. The number of nitrogens with one attached hydrogen (secondary N) is 4. The number of imidazole rings is 1. The summed E-state index contributed by atoms with van der Waals surface area (Å²) < 4.78 is 15.2. The number of rotatable bonds is 5. The zero-order valence-corrected chi connectivity index (χ0v) is 19.1. The first kappa shape index (κ1) is 22.1. The van der Waals surface area contributed by atoms with Gasteiger partial charge in [-0.2, -0.15) is 0 Å². The number of carbonyl (C=O) groups is 2. The van der Waals surface area contributed by atoms with Crippen LogP contribution in [0.4, 0.5) is 26.2 Å². The Morgan fingerprint density at radius 1 is 0.971 bits per heavy atom. The van der Waals surface area contributed by atoms with Gasteiger partial charge in [0.1, 0.15) is 11.6 Å². The minimum Gasteiger partial charge on any atom is -0.378 e. The van der Waals surface area contributed by atoms with Crippen LogP contribution in [0.5, 0.6) is 0 Å². The monoisotopic (exact) mass is 470 g/mol. The molecule has 5 rings (SSSR count). The summed E-state index contributed by atoms with van der Waals surface area (Å²) in [4.78, 5) is 34.1. The number of benzene rings is 3. The number of aromatic nitrogens is 2. The normalized spacial score (nSPS) is 12.1. The Kier molecular flexibility index (Phi) is 5.66. The Hall–Kier alpha value is -4.66. The molecule has 4 N–H and O–H groups in total. The largest absolute Gasteiger partial charge is 0.378 e. The molecule has 4 aromatic rings. The van der Waals surface area contributed by atoms with Crippen molar-refractivity contribution in [1.82, 2.24) is 15.3 Å². The molecule has 8 nitrogen and oxygen atoms in total. The number of halogens is 1. The van der Waals surface area contributed by atoms with Gasteiger partial charge in [-0.25, -0.2) is 14.2 Å². The summed E-state index contributed by atoms with van der Waals surface area (Å²) in [6.45, 7) is 0.298. The van der Waals surface area contributed by atoms with Gasteiger partial charge in [0.05, 0.1) is 5.56 Å². The van der Waals surface area contributed by atoms with Crippen LogP contribution in [0, 0.1) is 5.82 Å². The standard InChI is InChI=1S/C26H23FN6O2/c1-33(2)17-6-3-15(4-7-17)31-26(35)32-16-5-8-19(22(27)13-16)18-9-10-20(24-28-11-12-29-24)23-21(18)14-30-25(23)34/h3-13H,14H2,1-2H3,(H,28,29)(H,30,34)(H2,31,32,35). The van der Waals surface area contributed by atoms with E-state index in [9.17, 15) is 9.59 Å². The van der Waals surface area contributed by atoms with Crippen molar-refractivity contribution in [3.8, 4) is 22.5 Å². The van der Waals surface area contributed by atoms with Crippen LogP contribution < -0.4 is 20.9 Å². The van der Waals surface area contributed by atoms with Gasteiger partial charge in [0, 0.05) is 61.2 Å². The molecule has 1 aliphatic heterocycles. The Bertz CT molecular complexity index is 1410. The maximum Gasteiger partial charge on any atom is 0.323 e. The third kappa shape index (κ3) is 4.31. The maximum atomic E-state index is 15.2. The van der Waals surface area contributed by atoms with E-state index >= 15 is 4.39 Å². The van der Waals surface area contributed by atoms with Crippen molar-refractivity contribution < 1.29 is 14.0 Å². The van der Waals surface area contributed by atoms with Crippen LogP contribution in [0.1, 0.15) is 15.9 Å². The molecule has 0 bridgehead atoms. The van der Waals surface area contributed by atoms with E-state index in [0.717, 1.165) is 5.69 Å². The molecule has 1 aliphatic rings. The van der Waals surface area contributed by atoms with Gasteiger partial charge in [-0.05, 0) is 59.7 Å². The minimum atomic E-state index is -0.509. The van der Waals surface area contributed by atoms with Crippen molar-refractivity contribution in [1.29, 1.82) is 0 Å². The van der Waals surface area contributed by atoms with E-state index in [1.54, 1.807) is 48.8 Å². The second kappa shape index (κ2) is 8.94. The molecular formula is C26H23FN6O2. The SMILES string of the molecule is CN(C)c1ccc(NC(=O)Nc2ccc(-c3ccc(-c4ncc[nH]4)c4c3CNC4=O)c(F)c2)cc1. The first-order valence-electron chi connectivity index (χ1n) is 11.0. The number of hydrogen-bond donors (Lipinski definition) is 4. The van der Waals surface area contributed by atoms with Gasteiger partial charge in [0.25, 0.3) is 5.91 Å². The molecule has 0 saturated carbocycles. The van der Waals surface area contributed by atoms with E-state index in [4.69, 9.17) is 0 Å². The number of urea groups is 1. The van der Waals surface area contributed by atoms with Gasteiger partial charge in [-0.1, -0.05) is 6.07 Å². The number of hydrogen-bond acceptors (Lipinski definition) is 4. The smallest absolute Gasteiger partial charge is 0.323 e. The lowest BCUT2D eigenvalue weighted by Gasteiger charge is -2.14. The molecule has 0 unspecified atom stereocenters. The molecular weight excluding hydrogens is 447 g/mol. The van der Waals surface area contributed by atoms with Crippen LogP contribution in [0.2, 0.25) is 0 Å². The molecule has 0 spiro atoms. The summed E-state index contributed by atoms with van der Waals surface area (Å²) in [7, 11) is 3.87. The van der Waals surface area contributed by atoms with E-state index in [1.807, 2.05) is 31.1 Å². The summed E-state index contributed by atoms with van der Waals surface area (Å²) in [5.74, 6) is -0.153. The average molecular weight is 471 g/mol. The van der Waals surface area contributed by atoms with E-state index in [2.05, 4.69) is 25.9 Å². The van der Waals surface area contributed by atoms with Gasteiger partial charge >= 0.3 is 6.03 Å². The molecule has 9 heteroatoms. The maximum absolute atomic E-state index is 15.2. The predicted molar refractivity (Wildman–Crippen MR) is 134 cm³/mol. The number of H-pyrrole nitrogens is 1. The van der Waals surface area contributed by atoms with Crippen LogP contribution in [-0.4, -0.2) is 36.0 Å². The molecule has 1 aromatic heterocycles. The summed E-state index contributed by atoms with van der Waals surface area (Å²) in [6, 6.07) is 14.9. The van der Waals surface area contributed by atoms with Crippen molar-refractivity contribution in [2.75, 3.05) is 29.6 Å². The first-order chi connectivity index (χ1) is 16.9. The molecule has 3 aromatic carbocycles. The number of amides is 3. The fourth-order valence-corrected chi connectivity index (χ4v) is 4.16. The molecule has 0 aliphatic carbocycles. The lowest BCUT2D eigenvalue weighted by Crippen LogP contribution is -2.19. The molecule has 176 valence electrons. The van der Waals surface area contributed by atoms with E-state index in [-0.39, 0.29) is 5.91 Å². The van der Waals surface area contributed by atoms with Crippen LogP contribution in [-0.2, 0) is 6.54 Å². The highest BCUT2D eigenvalue weighted by Gasteiger charge is 2.28. The summed E-state index contributed by atoms with van der Waals surface area (Å²) in [5, 5.41) is 8.21. The fraction of sp³-hybridized carbons (Fsp3) is 0.115. The van der Waals surface area contributed by atoms with Gasteiger partial charge in [0.15, 0.2) is 0 Å². The highest BCUT2D eigenvalue weighted by Crippen LogP contribution is 2.36. The second-order valence-corrected chi connectivity index (χ2v) is 8.35. The van der Waals surface area contributed by atoms with Gasteiger partial charge in [-0.15, -0.1) is 0 Å². The molecule has 0 saturated heterocycles. The third-order valence-electron chi connectivity index (χ3n) is 5.88. The van der Waals surface area contributed by atoms with Crippen LogP contribution >= 0.6 is 0 Å². The third-order valence-corrected chi connectivity index (χ3v) is 5.88. The van der Waals surface area contributed by atoms with Gasteiger partial charge in [-0.3, -0.25) is 4.79 Å². The minimum absolute atomic E-state index is 0.220. The van der Waals surface area contributed by atoms with E-state index in [1.165, 1.54) is 6.07 Å². The topological polar surface area (TPSA) is 102 Å². The number of aromatic amines is 1. The number of fused-ring (bicyclic) bond motifs is 1. The summed E-state index contributed by atoms with van der Waals surface area (Å²) in [5.41, 5.74) is 4.76. The average Bonchev–Trinajstić information content (AvgIpc) is 3.50. The van der Waals surface area contributed by atoms with Crippen molar-refractivity contribution >= 4 is 29.0 Å². The second-order valence-electron chi connectivity index (χ2n) is 8.35. The number of nitrogens with zero attached hydrogens (tertiary/aromatic N) is 2. The molecule has 35 heavy (non-hydrogen) atoms. The van der Waals surface area contributed by atoms with Gasteiger partial charge in [0.2, 0.25) is 0 Å². The lowest BCUT2D eigenvalue weighted by molar-refractivity contribution is 0.0966. The fourth-order valence-electron chi connectivity index (χ4n) is 4.16. The molecule has 0 atom stereocenters. The Morgan fingerprint density at radius 2 is 1.66 bits per heavy atom. The van der Waals surface area contributed by atoms with E-state index in [0.29, 0.717) is 51.6 Å². The Balaban J connectivity index is 1.37. The molecule has 0 fully saturated rings. The quantitative estimate of drug-likeness (QED) is 0.335. The Labute approximate surface area is 201 Å². The van der Waals surface area contributed by atoms with Gasteiger partial charge < -0.3 is 25.8 Å². The Morgan fingerprint density at radius 3 is 2.34 bits per heavy atom. The zero-order valence-electron chi connectivity index (χ0n) is 19.1. The number of carbonyl (C=O) groups excluding carboxylic acids is 2. The van der Waals surface area contributed by atoms with Crippen molar-refractivity contribution in [3.63, 3.8) is 0 Å². The molecule has 2 heterocycles. The van der Waals surface area contributed by atoms with Crippen LogP contribution in [0.15, 0.2) is 67.0 Å². The van der Waals surface area contributed by atoms with Crippen LogP contribution in [0.25, 0.3) is 22.5 Å². The van der Waals surface area contributed by atoms with Crippen LogP contribution in [0.3, 0.4) is 0 Å². The van der Waals surface area contributed by atoms with Crippen molar-refractivity contribution in [2.24, 2.45) is 0 Å².